The number of anilines is 1. The molecule has 30 heavy (non-hydrogen) atoms. The molecule has 2 aromatic carbocycles. The lowest BCUT2D eigenvalue weighted by Crippen LogP contribution is -2.34. The first-order valence-electron chi connectivity index (χ1n) is 8.73. The number of pyridine rings is 1. The zero-order valence-electron chi connectivity index (χ0n) is 16.1. The van der Waals surface area contributed by atoms with Crippen molar-refractivity contribution in [3.63, 3.8) is 0 Å². The van der Waals surface area contributed by atoms with Crippen LogP contribution in [0.1, 0.15) is 10.4 Å². The van der Waals surface area contributed by atoms with Gasteiger partial charge in [-0.1, -0.05) is 41.6 Å². The summed E-state index contributed by atoms with van der Waals surface area (Å²) in [5, 5.41) is 6.17. The molecule has 0 atom stereocenters. The molecule has 1 heterocycles. The second-order valence-corrected chi connectivity index (χ2v) is 7.33. The minimum Gasteiger partial charge on any atom is -0.496 e. The zero-order chi connectivity index (χ0) is 21.5. The van der Waals surface area contributed by atoms with Gasteiger partial charge in [0.2, 0.25) is 0 Å². The van der Waals surface area contributed by atoms with Crippen molar-refractivity contribution in [1.82, 2.24) is 10.3 Å². The minimum absolute atomic E-state index is 0.127. The van der Waals surface area contributed by atoms with Crippen LogP contribution in [0.3, 0.4) is 0 Å². The molecule has 0 saturated heterocycles. The van der Waals surface area contributed by atoms with Gasteiger partial charge in [0, 0.05) is 4.90 Å². The quantitative estimate of drug-likeness (QED) is 0.565. The number of rotatable bonds is 6. The number of carbonyl (C=O) groups is 2. The number of halogens is 1. The van der Waals surface area contributed by atoms with Crippen molar-refractivity contribution in [2.45, 2.75) is 9.92 Å². The molecule has 3 rings (SSSR count). The van der Waals surface area contributed by atoms with Crippen molar-refractivity contribution < 1.29 is 19.1 Å². The van der Waals surface area contributed by atoms with Gasteiger partial charge in [0.1, 0.15) is 22.1 Å². The fraction of sp³-hybridized carbons (Fsp3) is 0.0952. The molecule has 2 N–H and O–H groups in total. The van der Waals surface area contributed by atoms with Crippen molar-refractivity contribution >= 4 is 41.0 Å². The molecule has 9 heteroatoms. The second-order valence-electron chi connectivity index (χ2n) is 5.86. The standard InChI is InChI=1S/C21H18ClN3O4S/c1-28-15-7-5-8-16(29-2)19(15)20(26)25-21(27)24-13-10-11-18(23-12-13)30-17-9-4-3-6-14(17)22/h3-12H,1-2H3,(H2,24,25,26,27). The highest BCUT2D eigenvalue weighted by atomic mass is 35.5. The molecular formula is C21H18ClN3O4S. The fourth-order valence-electron chi connectivity index (χ4n) is 2.56. The predicted octanol–water partition coefficient (Wildman–Crippen LogP) is 4.87. The van der Waals surface area contributed by atoms with Crippen LogP contribution < -0.4 is 20.1 Å². The van der Waals surface area contributed by atoms with Crippen molar-refractivity contribution in [2.24, 2.45) is 0 Å². The Bertz CT molecular complexity index is 1040. The Morgan fingerprint density at radius 1 is 0.967 bits per heavy atom. The second kappa shape index (κ2) is 10.00. The van der Waals surface area contributed by atoms with E-state index in [2.05, 4.69) is 15.6 Å². The van der Waals surface area contributed by atoms with Gasteiger partial charge in [-0.3, -0.25) is 10.1 Å². The number of urea groups is 1. The van der Waals surface area contributed by atoms with Crippen LogP contribution in [0.5, 0.6) is 11.5 Å². The normalized spacial score (nSPS) is 10.2. The highest BCUT2D eigenvalue weighted by Crippen LogP contribution is 2.32. The van der Waals surface area contributed by atoms with E-state index in [4.69, 9.17) is 21.1 Å². The van der Waals surface area contributed by atoms with Gasteiger partial charge in [-0.15, -0.1) is 0 Å². The Hall–Kier alpha value is -3.23. The van der Waals surface area contributed by atoms with E-state index in [0.717, 1.165) is 4.90 Å². The van der Waals surface area contributed by atoms with Gasteiger partial charge in [0.05, 0.1) is 31.1 Å². The summed E-state index contributed by atoms with van der Waals surface area (Å²) in [4.78, 5) is 29.9. The van der Waals surface area contributed by atoms with Gasteiger partial charge in [-0.05, 0) is 36.4 Å². The molecule has 0 aliphatic heterocycles. The molecule has 3 aromatic rings. The smallest absolute Gasteiger partial charge is 0.326 e. The minimum atomic E-state index is -0.707. The van der Waals surface area contributed by atoms with E-state index in [1.54, 1.807) is 36.4 Å². The van der Waals surface area contributed by atoms with Crippen molar-refractivity contribution in [3.8, 4) is 11.5 Å². The van der Waals surface area contributed by atoms with Gasteiger partial charge in [0.15, 0.2) is 0 Å². The monoisotopic (exact) mass is 443 g/mol. The topological polar surface area (TPSA) is 89.5 Å². The first-order chi connectivity index (χ1) is 14.5. The Kier molecular flexibility index (Phi) is 7.16. The maximum atomic E-state index is 12.5. The van der Waals surface area contributed by atoms with Crippen molar-refractivity contribution in [1.29, 1.82) is 0 Å². The van der Waals surface area contributed by atoms with Gasteiger partial charge in [-0.2, -0.15) is 0 Å². The number of ether oxygens (including phenoxy) is 2. The summed E-state index contributed by atoms with van der Waals surface area (Å²) in [5.41, 5.74) is 0.554. The van der Waals surface area contributed by atoms with E-state index in [0.29, 0.717) is 27.2 Å². The van der Waals surface area contributed by atoms with Crippen LogP contribution in [-0.4, -0.2) is 31.1 Å². The molecule has 0 aliphatic carbocycles. The Balaban J connectivity index is 1.64. The summed E-state index contributed by atoms with van der Waals surface area (Å²) >= 11 is 7.56. The van der Waals surface area contributed by atoms with E-state index in [9.17, 15) is 9.59 Å². The van der Waals surface area contributed by atoms with Crippen LogP contribution in [0, 0.1) is 0 Å². The van der Waals surface area contributed by atoms with Gasteiger partial charge < -0.3 is 14.8 Å². The van der Waals surface area contributed by atoms with E-state index in [1.165, 1.54) is 32.2 Å². The van der Waals surface area contributed by atoms with Crippen LogP contribution in [0.15, 0.2) is 70.7 Å². The van der Waals surface area contributed by atoms with E-state index < -0.39 is 11.9 Å². The number of hydrogen-bond acceptors (Lipinski definition) is 6. The van der Waals surface area contributed by atoms with Crippen LogP contribution >= 0.6 is 23.4 Å². The van der Waals surface area contributed by atoms with Gasteiger partial charge in [-0.25, -0.2) is 9.78 Å². The number of nitrogens with zero attached hydrogens (tertiary/aromatic N) is 1. The molecule has 0 radical (unpaired) electrons. The molecular weight excluding hydrogens is 426 g/mol. The zero-order valence-corrected chi connectivity index (χ0v) is 17.7. The summed E-state index contributed by atoms with van der Waals surface area (Å²) in [6.07, 6.45) is 1.49. The lowest BCUT2D eigenvalue weighted by atomic mass is 10.1. The molecule has 0 fully saturated rings. The maximum Gasteiger partial charge on any atom is 0.326 e. The molecule has 0 bridgehead atoms. The molecule has 0 spiro atoms. The molecule has 0 aliphatic rings. The fourth-order valence-corrected chi connectivity index (χ4v) is 3.59. The highest BCUT2D eigenvalue weighted by molar-refractivity contribution is 7.99. The number of imide groups is 1. The van der Waals surface area contributed by atoms with E-state index >= 15 is 0 Å². The number of amides is 3. The number of nitrogens with one attached hydrogen (secondary N) is 2. The molecule has 0 saturated carbocycles. The Labute approximate surface area is 182 Å². The summed E-state index contributed by atoms with van der Waals surface area (Å²) < 4.78 is 10.4. The van der Waals surface area contributed by atoms with Crippen LogP contribution in [0.2, 0.25) is 5.02 Å². The molecule has 1 aromatic heterocycles. The number of benzene rings is 2. The number of carbonyl (C=O) groups excluding carboxylic acids is 2. The van der Waals surface area contributed by atoms with E-state index in [-0.39, 0.29) is 5.56 Å². The van der Waals surface area contributed by atoms with Gasteiger partial charge in [0.25, 0.3) is 5.91 Å². The third-order valence-electron chi connectivity index (χ3n) is 3.93. The number of hydrogen-bond donors (Lipinski definition) is 2. The first kappa shape index (κ1) is 21.5. The largest absolute Gasteiger partial charge is 0.496 e. The Morgan fingerprint density at radius 2 is 1.67 bits per heavy atom. The van der Waals surface area contributed by atoms with Crippen molar-refractivity contribution in [2.75, 3.05) is 19.5 Å². The lowest BCUT2D eigenvalue weighted by Gasteiger charge is -2.13. The molecule has 0 unspecified atom stereocenters. The van der Waals surface area contributed by atoms with Crippen LogP contribution in [-0.2, 0) is 0 Å². The molecule has 154 valence electrons. The maximum absolute atomic E-state index is 12.5. The van der Waals surface area contributed by atoms with E-state index in [1.807, 2.05) is 18.2 Å². The van der Waals surface area contributed by atoms with Gasteiger partial charge >= 0.3 is 6.03 Å². The lowest BCUT2D eigenvalue weighted by molar-refractivity contribution is 0.0961. The first-order valence-corrected chi connectivity index (χ1v) is 9.93. The summed E-state index contributed by atoms with van der Waals surface area (Å²) in [7, 11) is 2.86. The average Bonchev–Trinajstić information content (AvgIpc) is 2.75. The summed E-state index contributed by atoms with van der Waals surface area (Å²) in [5.74, 6) is -0.0646. The average molecular weight is 444 g/mol. The number of methoxy groups -OCH3 is 2. The third-order valence-corrected chi connectivity index (χ3v) is 5.40. The third kappa shape index (κ3) is 5.22. The summed E-state index contributed by atoms with van der Waals surface area (Å²) in [6.45, 7) is 0. The Morgan fingerprint density at radius 3 is 2.27 bits per heavy atom. The molecule has 3 amide bonds. The van der Waals surface area contributed by atoms with Crippen molar-refractivity contribution in [3.05, 3.63) is 71.4 Å². The predicted molar refractivity (Wildman–Crippen MR) is 116 cm³/mol. The van der Waals surface area contributed by atoms with Crippen LogP contribution in [0.25, 0.3) is 0 Å². The highest BCUT2D eigenvalue weighted by Gasteiger charge is 2.20. The number of aromatic nitrogens is 1. The molecule has 7 nitrogen and oxygen atoms in total. The van der Waals surface area contributed by atoms with Crippen LogP contribution in [0.4, 0.5) is 10.5 Å². The summed E-state index contributed by atoms with van der Waals surface area (Å²) in [6, 6.07) is 15.1. The SMILES string of the molecule is COc1cccc(OC)c1C(=O)NC(=O)Nc1ccc(Sc2ccccc2Cl)nc1.